The first kappa shape index (κ1) is 17.1. The standard InChI is InChI=1S/C16H23N5O2S/c1-3-13(11-22)20-4-6-21(7-5-20)16(23)14-9-17-15(24-14)12-8-18-19(2)10-12/h8-10,13,22H,3-7,11H2,1-2H3. The summed E-state index contributed by atoms with van der Waals surface area (Å²) in [5.41, 5.74) is 0.931. The Kier molecular flexibility index (Phi) is 5.27. The van der Waals surface area contributed by atoms with Crippen molar-refractivity contribution < 1.29 is 9.90 Å². The van der Waals surface area contributed by atoms with E-state index in [-0.39, 0.29) is 18.6 Å². The van der Waals surface area contributed by atoms with Gasteiger partial charge in [-0.05, 0) is 6.42 Å². The second kappa shape index (κ2) is 7.42. The van der Waals surface area contributed by atoms with Crippen LogP contribution in [-0.2, 0) is 7.05 Å². The molecule has 1 atom stereocenters. The highest BCUT2D eigenvalue weighted by Gasteiger charge is 2.26. The molecule has 1 aliphatic heterocycles. The predicted octanol–water partition coefficient (Wildman–Crippen LogP) is 1.07. The lowest BCUT2D eigenvalue weighted by molar-refractivity contribution is 0.0476. The number of carbonyl (C=O) groups is 1. The summed E-state index contributed by atoms with van der Waals surface area (Å²) in [6.45, 7) is 5.24. The number of piperazine rings is 1. The molecule has 0 aromatic carbocycles. The summed E-state index contributed by atoms with van der Waals surface area (Å²) < 4.78 is 1.72. The molecule has 130 valence electrons. The molecule has 8 heteroatoms. The lowest BCUT2D eigenvalue weighted by Crippen LogP contribution is -2.52. The van der Waals surface area contributed by atoms with Crippen molar-refractivity contribution in [3.05, 3.63) is 23.5 Å². The summed E-state index contributed by atoms with van der Waals surface area (Å²) in [6, 6.07) is 0.197. The number of carbonyl (C=O) groups excluding carboxylic acids is 1. The quantitative estimate of drug-likeness (QED) is 0.874. The summed E-state index contributed by atoms with van der Waals surface area (Å²) in [7, 11) is 1.86. The Morgan fingerprint density at radius 3 is 2.67 bits per heavy atom. The van der Waals surface area contributed by atoms with Crippen molar-refractivity contribution in [2.24, 2.45) is 7.05 Å². The number of rotatable bonds is 5. The van der Waals surface area contributed by atoms with Crippen molar-refractivity contribution in [1.82, 2.24) is 24.6 Å². The maximum absolute atomic E-state index is 12.7. The topological polar surface area (TPSA) is 74.5 Å². The van der Waals surface area contributed by atoms with Crippen molar-refractivity contribution in [1.29, 1.82) is 0 Å². The Hall–Kier alpha value is -1.77. The zero-order valence-electron chi connectivity index (χ0n) is 14.1. The summed E-state index contributed by atoms with van der Waals surface area (Å²) in [4.78, 5) is 21.8. The Bertz CT molecular complexity index is 686. The van der Waals surface area contributed by atoms with Gasteiger partial charge in [0.1, 0.15) is 9.88 Å². The normalized spacial score (nSPS) is 17.2. The molecule has 1 unspecified atom stereocenters. The number of nitrogens with zero attached hydrogens (tertiary/aromatic N) is 5. The molecule has 0 spiro atoms. The second-order valence-electron chi connectivity index (χ2n) is 6.01. The van der Waals surface area contributed by atoms with E-state index in [2.05, 4.69) is 21.9 Å². The number of hydrogen-bond donors (Lipinski definition) is 1. The van der Waals surface area contributed by atoms with Crippen LogP contribution in [0.2, 0.25) is 0 Å². The highest BCUT2D eigenvalue weighted by Crippen LogP contribution is 2.25. The van der Waals surface area contributed by atoms with Crippen LogP contribution in [0.5, 0.6) is 0 Å². The van der Waals surface area contributed by atoms with Gasteiger partial charge in [0.25, 0.3) is 5.91 Å². The Morgan fingerprint density at radius 1 is 1.33 bits per heavy atom. The van der Waals surface area contributed by atoms with Crippen molar-refractivity contribution >= 4 is 17.2 Å². The van der Waals surface area contributed by atoms with Crippen LogP contribution >= 0.6 is 11.3 Å². The van der Waals surface area contributed by atoms with Crippen LogP contribution in [-0.4, -0.2) is 74.4 Å². The lowest BCUT2D eigenvalue weighted by atomic mass is 10.1. The van der Waals surface area contributed by atoms with Gasteiger partial charge < -0.3 is 10.0 Å². The Balaban J connectivity index is 1.63. The molecule has 2 aromatic rings. The molecule has 0 radical (unpaired) electrons. The number of aryl methyl sites for hydroxylation is 1. The summed E-state index contributed by atoms with van der Waals surface area (Å²) >= 11 is 1.41. The van der Waals surface area contributed by atoms with E-state index in [4.69, 9.17) is 0 Å². The van der Waals surface area contributed by atoms with Gasteiger partial charge in [0, 0.05) is 51.0 Å². The third-order valence-electron chi connectivity index (χ3n) is 4.47. The van der Waals surface area contributed by atoms with Gasteiger partial charge in [0.15, 0.2) is 0 Å². The number of amides is 1. The van der Waals surface area contributed by atoms with E-state index < -0.39 is 0 Å². The Labute approximate surface area is 145 Å². The molecule has 1 fully saturated rings. The van der Waals surface area contributed by atoms with Gasteiger partial charge in [0.2, 0.25) is 0 Å². The van der Waals surface area contributed by atoms with Crippen LogP contribution in [0.25, 0.3) is 10.6 Å². The molecule has 7 nitrogen and oxygen atoms in total. The molecule has 1 N–H and O–H groups in total. The minimum absolute atomic E-state index is 0.0411. The molecule has 24 heavy (non-hydrogen) atoms. The van der Waals surface area contributed by atoms with Gasteiger partial charge in [0.05, 0.1) is 19.0 Å². The van der Waals surface area contributed by atoms with E-state index in [1.54, 1.807) is 17.1 Å². The van der Waals surface area contributed by atoms with Gasteiger partial charge in [-0.2, -0.15) is 5.10 Å². The fourth-order valence-corrected chi connectivity index (χ4v) is 3.85. The molecule has 0 aliphatic carbocycles. The fraction of sp³-hybridized carbons (Fsp3) is 0.562. The zero-order valence-corrected chi connectivity index (χ0v) is 14.9. The van der Waals surface area contributed by atoms with Crippen molar-refractivity contribution in [2.75, 3.05) is 32.8 Å². The first-order valence-electron chi connectivity index (χ1n) is 8.21. The van der Waals surface area contributed by atoms with E-state index in [1.165, 1.54) is 11.3 Å². The molecule has 0 saturated carbocycles. The predicted molar refractivity (Wildman–Crippen MR) is 93.0 cm³/mol. The smallest absolute Gasteiger partial charge is 0.265 e. The molecule has 1 saturated heterocycles. The van der Waals surface area contributed by atoms with Gasteiger partial charge in [-0.1, -0.05) is 6.92 Å². The summed E-state index contributed by atoms with van der Waals surface area (Å²) in [6.07, 6.45) is 6.23. The molecule has 1 aliphatic rings. The number of thiazole rings is 1. The number of hydrogen-bond acceptors (Lipinski definition) is 6. The van der Waals surface area contributed by atoms with Crippen LogP contribution in [0.4, 0.5) is 0 Å². The average Bonchev–Trinajstić information content (AvgIpc) is 3.25. The maximum Gasteiger partial charge on any atom is 0.265 e. The van der Waals surface area contributed by atoms with Gasteiger partial charge >= 0.3 is 0 Å². The third kappa shape index (κ3) is 3.50. The fourth-order valence-electron chi connectivity index (χ4n) is 2.99. The van der Waals surface area contributed by atoms with E-state index in [0.29, 0.717) is 18.0 Å². The van der Waals surface area contributed by atoms with E-state index in [9.17, 15) is 9.90 Å². The maximum atomic E-state index is 12.7. The lowest BCUT2D eigenvalue weighted by Gasteiger charge is -2.38. The molecular formula is C16H23N5O2S. The van der Waals surface area contributed by atoms with Crippen molar-refractivity contribution in [3.63, 3.8) is 0 Å². The second-order valence-corrected chi connectivity index (χ2v) is 7.04. The van der Waals surface area contributed by atoms with E-state index in [0.717, 1.165) is 30.1 Å². The first-order chi connectivity index (χ1) is 11.6. The third-order valence-corrected chi connectivity index (χ3v) is 5.50. The van der Waals surface area contributed by atoms with Crippen LogP contribution in [0.3, 0.4) is 0 Å². The largest absolute Gasteiger partial charge is 0.395 e. The van der Waals surface area contributed by atoms with Crippen LogP contribution in [0, 0.1) is 0 Å². The molecule has 1 amide bonds. The summed E-state index contributed by atoms with van der Waals surface area (Å²) in [5, 5.41) is 14.4. The van der Waals surface area contributed by atoms with Gasteiger partial charge in [-0.3, -0.25) is 14.4 Å². The van der Waals surface area contributed by atoms with Gasteiger partial charge in [-0.15, -0.1) is 11.3 Å². The molecular weight excluding hydrogens is 326 g/mol. The zero-order chi connectivity index (χ0) is 17.1. The minimum atomic E-state index is 0.0411. The molecule has 3 heterocycles. The highest BCUT2D eigenvalue weighted by atomic mass is 32.1. The Morgan fingerprint density at radius 2 is 2.08 bits per heavy atom. The van der Waals surface area contributed by atoms with Crippen LogP contribution in [0.15, 0.2) is 18.6 Å². The monoisotopic (exact) mass is 349 g/mol. The van der Waals surface area contributed by atoms with Crippen molar-refractivity contribution in [3.8, 4) is 10.6 Å². The molecule has 3 rings (SSSR count). The van der Waals surface area contributed by atoms with Crippen LogP contribution < -0.4 is 0 Å². The average molecular weight is 349 g/mol. The highest BCUT2D eigenvalue weighted by molar-refractivity contribution is 7.16. The minimum Gasteiger partial charge on any atom is -0.395 e. The van der Waals surface area contributed by atoms with Crippen molar-refractivity contribution in [2.45, 2.75) is 19.4 Å². The number of aromatic nitrogens is 3. The molecule has 0 bridgehead atoms. The number of aliphatic hydroxyl groups excluding tert-OH is 1. The summed E-state index contributed by atoms with van der Waals surface area (Å²) in [5.74, 6) is 0.0411. The van der Waals surface area contributed by atoms with E-state index in [1.807, 2.05) is 18.1 Å². The SMILES string of the molecule is CCC(CO)N1CCN(C(=O)c2cnc(-c3cnn(C)c3)s2)CC1. The van der Waals surface area contributed by atoms with Crippen LogP contribution in [0.1, 0.15) is 23.0 Å². The molecule has 2 aromatic heterocycles. The number of aliphatic hydroxyl groups is 1. The van der Waals surface area contributed by atoms with E-state index >= 15 is 0 Å². The van der Waals surface area contributed by atoms with Gasteiger partial charge in [-0.25, -0.2) is 4.98 Å². The first-order valence-corrected chi connectivity index (χ1v) is 9.03.